The van der Waals surface area contributed by atoms with Gasteiger partial charge in [0.2, 0.25) is 0 Å². The number of fused-ring (bicyclic) bond motifs is 1. The highest BCUT2D eigenvalue weighted by atomic mass is 35.5. The Labute approximate surface area is 204 Å². The van der Waals surface area contributed by atoms with E-state index in [1.807, 2.05) is 30.6 Å². The van der Waals surface area contributed by atoms with Crippen LogP contribution in [0.4, 0.5) is 11.5 Å². The van der Waals surface area contributed by atoms with Gasteiger partial charge in [-0.1, -0.05) is 66.5 Å². The lowest BCUT2D eigenvalue weighted by molar-refractivity contribution is 0.226. The summed E-state index contributed by atoms with van der Waals surface area (Å²) in [5.41, 5.74) is 4.93. The Balaban J connectivity index is 1.15. The van der Waals surface area contributed by atoms with Crippen molar-refractivity contribution >= 4 is 40.6 Å². The predicted octanol–water partition coefficient (Wildman–Crippen LogP) is 7.12. The Morgan fingerprint density at radius 2 is 1.70 bits per heavy atom. The molecule has 3 aliphatic rings. The average molecular weight is 475 g/mol. The lowest BCUT2D eigenvalue weighted by atomic mass is 9.77. The van der Waals surface area contributed by atoms with E-state index in [2.05, 4.69) is 29.2 Å². The van der Waals surface area contributed by atoms with Gasteiger partial charge >= 0.3 is 0 Å². The number of para-hydroxylation sites is 1. The molecule has 3 heterocycles. The molecule has 0 radical (unpaired) electrons. The Hall–Kier alpha value is -2.37. The normalized spacial score (nSPS) is 19.1. The average Bonchev–Trinajstić information content (AvgIpc) is 3.49. The minimum absolute atomic E-state index is 0.618. The zero-order chi connectivity index (χ0) is 22.3. The van der Waals surface area contributed by atoms with E-state index in [1.165, 1.54) is 44.1 Å². The van der Waals surface area contributed by atoms with Gasteiger partial charge in [-0.3, -0.25) is 4.99 Å². The Morgan fingerprint density at radius 3 is 2.45 bits per heavy atom. The van der Waals surface area contributed by atoms with Crippen molar-refractivity contribution in [2.45, 2.75) is 54.9 Å². The zero-order valence-corrected chi connectivity index (χ0v) is 20.2. The van der Waals surface area contributed by atoms with E-state index in [0.717, 1.165) is 57.2 Å². The molecule has 1 aromatic heterocycles. The number of hydrogen-bond acceptors (Lipinski definition) is 5. The van der Waals surface area contributed by atoms with Crippen LogP contribution in [0.25, 0.3) is 0 Å². The van der Waals surface area contributed by atoms with Gasteiger partial charge in [0.25, 0.3) is 0 Å². The van der Waals surface area contributed by atoms with Crippen LogP contribution in [0.5, 0.6) is 0 Å². The van der Waals surface area contributed by atoms with Crippen LogP contribution in [-0.4, -0.2) is 28.8 Å². The number of piperidine rings is 1. The van der Waals surface area contributed by atoms with E-state index in [-0.39, 0.29) is 0 Å². The summed E-state index contributed by atoms with van der Waals surface area (Å²) in [6.07, 6.45) is 12.9. The van der Waals surface area contributed by atoms with E-state index in [0.29, 0.717) is 5.41 Å². The summed E-state index contributed by atoms with van der Waals surface area (Å²) in [5.74, 6) is 0.991. The molecule has 6 heteroatoms. The first-order valence-electron chi connectivity index (χ1n) is 11.9. The molecule has 0 amide bonds. The Kier molecular flexibility index (Phi) is 5.63. The second-order valence-corrected chi connectivity index (χ2v) is 10.9. The van der Waals surface area contributed by atoms with E-state index in [1.54, 1.807) is 11.8 Å². The zero-order valence-electron chi connectivity index (χ0n) is 18.6. The second kappa shape index (κ2) is 8.77. The van der Waals surface area contributed by atoms with Crippen LogP contribution in [0.1, 0.15) is 49.7 Å². The highest BCUT2D eigenvalue weighted by molar-refractivity contribution is 7.99. The molecule has 0 atom stereocenters. The van der Waals surface area contributed by atoms with E-state index >= 15 is 0 Å². The van der Waals surface area contributed by atoms with Crippen molar-refractivity contribution in [2.24, 2.45) is 10.4 Å². The van der Waals surface area contributed by atoms with E-state index < -0.39 is 0 Å². The number of aromatic nitrogens is 2. The highest BCUT2D eigenvalue weighted by Crippen LogP contribution is 2.46. The smallest absolute Gasteiger partial charge is 0.147 e. The molecule has 1 saturated carbocycles. The molecule has 168 valence electrons. The fourth-order valence-corrected chi connectivity index (χ4v) is 6.71. The summed E-state index contributed by atoms with van der Waals surface area (Å²) < 4.78 is 0. The maximum Gasteiger partial charge on any atom is 0.147 e. The van der Waals surface area contributed by atoms with Crippen molar-refractivity contribution in [2.75, 3.05) is 18.0 Å². The van der Waals surface area contributed by atoms with Crippen LogP contribution in [0, 0.1) is 5.41 Å². The molecule has 6 rings (SSSR count). The third kappa shape index (κ3) is 4.17. The van der Waals surface area contributed by atoms with Gasteiger partial charge < -0.3 is 4.90 Å². The largest absolute Gasteiger partial charge is 0.355 e. The fourth-order valence-electron chi connectivity index (χ4n) is 5.58. The molecule has 2 aromatic carbocycles. The van der Waals surface area contributed by atoms with Crippen LogP contribution in [0.15, 0.2) is 69.8 Å². The summed E-state index contributed by atoms with van der Waals surface area (Å²) >= 11 is 8.40. The van der Waals surface area contributed by atoms with Crippen LogP contribution in [0.3, 0.4) is 0 Å². The van der Waals surface area contributed by atoms with Crippen LogP contribution in [-0.2, 0) is 6.42 Å². The van der Waals surface area contributed by atoms with Gasteiger partial charge in [-0.05, 0) is 48.8 Å². The van der Waals surface area contributed by atoms with Gasteiger partial charge in [-0.15, -0.1) is 0 Å². The minimum Gasteiger partial charge on any atom is -0.355 e. The molecule has 0 N–H and O–H groups in total. The molecule has 0 bridgehead atoms. The first kappa shape index (κ1) is 21.2. The van der Waals surface area contributed by atoms with Crippen molar-refractivity contribution in [3.63, 3.8) is 0 Å². The molecule has 1 aliphatic carbocycles. The highest BCUT2D eigenvalue weighted by Gasteiger charge is 2.37. The third-order valence-electron chi connectivity index (χ3n) is 7.52. The first-order chi connectivity index (χ1) is 16.2. The molecule has 2 aliphatic heterocycles. The van der Waals surface area contributed by atoms with Gasteiger partial charge in [0.05, 0.1) is 28.8 Å². The van der Waals surface area contributed by atoms with Crippen molar-refractivity contribution in [1.29, 1.82) is 0 Å². The van der Waals surface area contributed by atoms with Gasteiger partial charge in [-0.2, -0.15) is 0 Å². The monoisotopic (exact) mass is 474 g/mol. The first-order valence-corrected chi connectivity index (χ1v) is 13.1. The van der Waals surface area contributed by atoms with Crippen molar-refractivity contribution in [3.8, 4) is 0 Å². The number of rotatable bonds is 4. The van der Waals surface area contributed by atoms with Gasteiger partial charge in [0.1, 0.15) is 10.8 Å². The minimum atomic E-state index is 0.618. The summed E-state index contributed by atoms with van der Waals surface area (Å²) in [5, 5.41) is 1.59. The number of anilines is 1. The van der Waals surface area contributed by atoms with Crippen molar-refractivity contribution in [3.05, 3.63) is 71.0 Å². The van der Waals surface area contributed by atoms with Gasteiger partial charge in [0.15, 0.2) is 0 Å². The summed E-state index contributed by atoms with van der Waals surface area (Å²) in [6.45, 7) is 2.19. The molecule has 2 fully saturated rings. The second-order valence-electron chi connectivity index (χ2n) is 9.49. The molecular weight excluding hydrogens is 448 g/mol. The van der Waals surface area contributed by atoms with Crippen molar-refractivity contribution in [1.82, 2.24) is 9.97 Å². The lowest BCUT2D eigenvalue weighted by Gasteiger charge is -2.39. The standard InChI is InChI=1S/C27H27ClN4S/c28-26-20(22-16-19-6-1-2-8-21(19)31-22)7-5-9-23(26)33-25-18-29-24(17-30-25)32-14-12-27(13-15-32)10-3-4-11-27/h1-2,5-9,17-18H,3-4,10-16H2. The van der Waals surface area contributed by atoms with E-state index in [4.69, 9.17) is 26.6 Å². The summed E-state index contributed by atoms with van der Waals surface area (Å²) in [7, 11) is 0. The SMILES string of the molecule is Clc1c(Sc2cnc(N3CCC4(CCCC4)CC3)cn2)cccc1C1=Nc2ccccc2C1. The third-order valence-corrected chi connectivity index (χ3v) is 9.02. The van der Waals surface area contributed by atoms with Crippen molar-refractivity contribution < 1.29 is 0 Å². The number of hydrogen-bond donors (Lipinski definition) is 0. The number of nitrogens with zero attached hydrogens (tertiary/aromatic N) is 4. The summed E-state index contributed by atoms with van der Waals surface area (Å²) in [6, 6.07) is 14.4. The molecular formula is C27H27ClN4S. The molecule has 1 saturated heterocycles. The quantitative estimate of drug-likeness (QED) is 0.403. The molecule has 1 spiro atoms. The number of benzene rings is 2. The summed E-state index contributed by atoms with van der Waals surface area (Å²) in [4.78, 5) is 17.6. The van der Waals surface area contributed by atoms with Crippen LogP contribution >= 0.6 is 23.4 Å². The van der Waals surface area contributed by atoms with Crippen LogP contribution < -0.4 is 4.90 Å². The number of halogens is 1. The Bertz CT molecular complexity index is 1190. The maximum atomic E-state index is 6.84. The molecule has 0 unspecified atom stereocenters. The predicted molar refractivity (Wildman–Crippen MR) is 136 cm³/mol. The molecule has 4 nitrogen and oxygen atoms in total. The topological polar surface area (TPSA) is 41.4 Å². The molecule has 33 heavy (non-hydrogen) atoms. The van der Waals surface area contributed by atoms with Gasteiger partial charge in [-0.25, -0.2) is 9.97 Å². The fraction of sp³-hybridized carbons (Fsp3) is 0.370. The molecule has 3 aromatic rings. The van der Waals surface area contributed by atoms with Crippen LogP contribution in [0.2, 0.25) is 5.02 Å². The van der Waals surface area contributed by atoms with E-state index in [9.17, 15) is 0 Å². The maximum absolute atomic E-state index is 6.84. The number of aliphatic imine (C=N–C) groups is 1. The van der Waals surface area contributed by atoms with Gasteiger partial charge in [0, 0.05) is 30.0 Å². The lowest BCUT2D eigenvalue weighted by Crippen LogP contribution is -2.39. The Morgan fingerprint density at radius 1 is 0.879 bits per heavy atom.